The van der Waals surface area contributed by atoms with Crippen molar-refractivity contribution in [3.8, 4) is 17.5 Å². The maximum absolute atomic E-state index is 8.87. The van der Waals surface area contributed by atoms with Crippen LogP contribution in [0.5, 0.6) is 0 Å². The van der Waals surface area contributed by atoms with Crippen LogP contribution in [-0.4, -0.2) is 20.3 Å². The molecule has 3 aromatic heterocycles. The zero-order valence-corrected chi connectivity index (χ0v) is 9.94. The molecule has 0 fully saturated rings. The molecule has 3 rings (SSSR count). The molecule has 7 heteroatoms. The monoisotopic (exact) mass is 257 g/mol. The topological polar surface area (TPSA) is 91.4 Å². The van der Waals surface area contributed by atoms with Crippen LogP contribution in [0.25, 0.3) is 11.5 Å². The number of aromatic amines is 1. The Labute approximate surface area is 106 Å². The minimum Gasteiger partial charge on any atom is -0.334 e. The number of nitrogens with one attached hydrogen (secondary N) is 1. The highest BCUT2D eigenvalue weighted by Crippen LogP contribution is 2.20. The fraction of sp³-hybridized carbons (Fsp3) is 0.0909. The van der Waals surface area contributed by atoms with Crippen molar-refractivity contribution in [1.82, 2.24) is 20.3 Å². The van der Waals surface area contributed by atoms with E-state index < -0.39 is 0 Å². The zero-order chi connectivity index (χ0) is 12.4. The van der Waals surface area contributed by atoms with Crippen molar-refractivity contribution >= 4 is 11.3 Å². The molecule has 0 spiro atoms. The van der Waals surface area contributed by atoms with Gasteiger partial charge in [0.05, 0.1) is 11.8 Å². The van der Waals surface area contributed by atoms with Crippen molar-refractivity contribution in [1.29, 1.82) is 5.26 Å². The highest BCUT2D eigenvalue weighted by atomic mass is 32.1. The number of hydrogen-bond donors (Lipinski definition) is 1. The van der Waals surface area contributed by atoms with Gasteiger partial charge in [0.25, 0.3) is 5.89 Å². The van der Waals surface area contributed by atoms with Crippen molar-refractivity contribution in [3.05, 3.63) is 40.1 Å². The minimum absolute atomic E-state index is 0.312. The summed E-state index contributed by atoms with van der Waals surface area (Å²) in [5, 5.41) is 21.1. The Kier molecular flexibility index (Phi) is 2.63. The largest absolute Gasteiger partial charge is 0.334 e. The summed E-state index contributed by atoms with van der Waals surface area (Å²) in [6.07, 6.45) is 2.13. The maximum atomic E-state index is 8.87. The van der Waals surface area contributed by atoms with Crippen LogP contribution in [0, 0.1) is 11.3 Å². The summed E-state index contributed by atoms with van der Waals surface area (Å²) in [5.41, 5.74) is 0.851. The van der Waals surface area contributed by atoms with Gasteiger partial charge < -0.3 is 4.52 Å². The Morgan fingerprint density at radius 2 is 2.44 bits per heavy atom. The van der Waals surface area contributed by atoms with Gasteiger partial charge in [0, 0.05) is 11.3 Å². The van der Waals surface area contributed by atoms with Gasteiger partial charge in [-0.15, -0.1) is 11.3 Å². The smallest absolute Gasteiger partial charge is 0.262 e. The predicted octanol–water partition coefficient (Wildman–Crippen LogP) is 1.98. The van der Waals surface area contributed by atoms with Gasteiger partial charge >= 0.3 is 0 Å². The Morgan fingerprint density at radius 1 is 1.50 bits per heavy atom. The number of aromatic nitrogens is 4. The van der Waals surface area contributed by atoms with E-state index in [1.165, 1.54) is 6.20 Å². The van der Waals surface area contributed by atoms with Crippen LogP contribution in [0.3, 0.4) is 0 Å². The molecule has 6 nitrogen and oxygen atoms in total. The van der Waals surface area contributed by atoms with Crippen molar-refractivity contribution in [2.75, 3.05) is 0 Å². The van der Waals surface area contributed by atoms with E-state index in [0.29, 0.717) is 29.4 Å². The number of rotatable bonds is 3. The molecule has 0 aliphatic rings. The molecule has 0 radical (unpaired) electrons. The van der Waals surface area contributed by atoms with Crippen LogP contribution in [0.2, 0.25) is 0 Å². The third-order valence-corrected chi connectivity index (χ3v) is 3.24. The van der Waals surface area contributed by atoms with Gasteiger partial charge in [-0.05, 0) is 11.4 Å². The molecule has 3 aromatic rings. The summed E-state index contributed by atoms with van der Waals surface area (Å²) in [5.74, 6) is 0.907. The normalized spacial score (nSPS) is 10.4. The molecule has 88 valence electrons. The SMILES string of the molecule is N#Cc1[nH]ncc1-c1nc(Cc2cccs2)no1. The fourth-order valence-corrected chi connectivity index (χ4v) is 2.24. The fourth-order valence-electron chi connectivity index (χ4n) is 1.54. The summed E-state index contributed by atoms with van der Waals surface area (Å²) in [6, 6.07) is 5.98. The number of hydrogen-bond acceptors (Lipinski definition) is 6. The highest BCUT2D eigenvalue weighted by Gasteiger charge is 2.15. The highest BCUT2D eigenvalue weighted by molar-refractivity contribution is 7.09. The molecule has 0 bridgehead atoms. The number of thiophene rings is 1. The van der Waals surface area contributed by atoms with Gasteiger partial charge in [-0.1, -0.05) is 11.2 Å². The quantitative estimate of drug-likeness (QED) is 0.774. The molecule has 0 aliphatic heterocycles. The first-order chi connectivity index (χ1) is 8.86. The lowest BCUT2D eigenvalue weighted by molar-refractivity contribution is 0.424. The van der Waals surface area contributed by atoms with Gasteiger partial charge in [0.2, 0.25) is 0 Å². The van der Waals surface area contributed by atoms with E-state index in [4.69, 9.17) is 9.78 Å². The minimum atomic E-state index is 0.312. The van der Waals surface area contributed by atoms with Crippen molar-refractivity contribution in [2.24, 2.45) is 0 Å². The lowest BCUT2D eigenvalue weighted by Crippen LogP contribution is -1.87. The van der Waals surface area contributed by atoms with Crippen LogP contribution in [-0.2, 0) is 6.42 Å². The zero-order valence-electron chi connectivity index (χ0n) is 9.12. The van der Waals surface area contributed by atoms with Crippen LogP contribution in [0.15, 0.2) is 28.2 Å². The van der Waals surface area contributed by atoms with E-state index in [2.05, 4.69) is 20.3 Å². The number of nitriles is 1. The van der Waals surface area contributed by atoms with Gasteiger partial charge in [-0.3, -0.25) is 5.10 Å². The second-order valence-corrected chi connectivity index (χ2v) is 4.57. The molecule has 3 heterocycles. The Balaban J connectivity index is 1.88. The third kappa shape index (κ3) is 1.89. The van der Waals surface area contributed by atoms with Crippen molar-refractivity contribution < 1.29 is 4.52 Å². The first-order valence-corrected chi connectivity index (χ1v) is 6.03. The molecule has 0 saturated heterocycles. The van der Waals surface area contributed by atoms with Crippen LogP contribution in [0.4, 0.5) is 0 Å². The van der Waals surface area contributed by atoms with Crippen LogP contribution >= 0.6 is 11.3 Å². The standard InChI is InChI=1S/C11H7N5OS/c12-5-9-8(6-13-15-9)11-14-10(16-17-11)4-7-2-1-3-18-7/h1-3,6H,4H2,(H,13,15). The van der Waals surface area contributed by atoms with Gasteiger partial charge in [0.15, 0.2) is 5.82 Å². The van der Waals surface area contributed by atoms with Crippen LogP contribution < -0.4 is 0 Å². The Morgan fingerprint density at radius 3 is 3.22 bits per heavy atom. The first-order valence-electron chi connectivity index (χ1n) is 5.15. The Bertz CT molecular complexity index is 691. The molecule has 0 unspecified atom stereocenters. The summed E-state index contributed by atoms with van der Waals surface area (Å²) < 4.78 is 5.13. The van der Waals surface area contributed by atoms with Gasteiger partial charge in [-0.25, -0.2) is 0 Å². The van der Waals surface area contributed by atoms with E-state index in [9.17, 15) is 0 Å². The van der Waals surface area contributed by atoms with E-state index in [-0.39, 0.29) is 0 Å². The molecular weight excluding hydrogens is 250 g/mol. The van der Waals surface area contributed by atoms with E-state index in [0.717, 1.165) is 4.88 Å². The second kappa shape index (κ2) is 4.43. The lowest BCUT2D eigenvalue weighted by atomic mass is 10.2. The third-order valence-electron chi connectivity index (χ3n) is 2.36. The average Bonchev–Trinajstić information content (AvgIpc) is 3.09. The van der Waals surface area contributed by atoms with E-state index in [1.807, 2.05) is 23.6 Å². The Hall–Kier alpha value is -2.46. The van der Waals surface area contributed by atoms with Crippen molar-refractivity contribution in [2.45, 2.75) is 6.42 Å². The maximum Gasteiger partial charge on any atom is 0.262 e. The lowest BCUT2D eigenvalue weighted by Gasteiger charge is -1.88. The predicted molar refractivity (Wildman–Crippen MR) is 63.7 cm³/mol. The summed E-state index contributed by atoms with van der Waals surface area (Å²) in [6.45, 7) is 0. The molecule has 18 heavy (non-hydrogen) atoms. The molecule has 0 aliphatic carbocycles. The van der Waals surface area contributed by atoms with E-state index in [1.54, 1.807) is 11.3 Å². The van der Waals surface area contributed by atoms with Gasteiger partial charge in [-0.2, -0.15) is 15.3 Å². The molecule has 0 atom stereocenters. The summed E-state index contributed by atoms with van der Waals surface area (Å²) in [7, 11) is 0. The second-order valence-electron chi connectivity index (χ2n) is 3.54. The van der Waals surface area contributed by atoms with Gasteiger partial charge in [0.1, 0.15) is 11.8 Å². The number of nitrogens with zero attached hydrogens (tertiary/aromatic N) is 4. The summed E-state index contributed by atoms with van der Waals surface area (Å²) >= 11 is 1.64. The van der Waals surface area contributed by atoms with Crippen LogP contribution in [0.1, 0.15) is 16.4 Å². The first kappa shape index (κ1) is 10.7. The molecule has 0 aromatic carbocycles. The molecule has 1 N–H and O–H groups in total. The number of H-pyrrole nitrogens is 1. The van der Waals surface area contributed by atoms with E-state index >= 15 is 0 Å². The molecule has 0 amide bonds. The molecule has 0 saturated carbocycles. The summed E-state index contributed by atoms with van der Waals surface area (Å²) in [4.78, 5) is 5.42. The average molecular weight is 257 g/mol. The van der Waals surface area contributed by atoms with Crippen molar-refractivity contribution in [3.63, 3.8) is 0 Å². The molecular formula is C11H7N5OS.